The van der Waals surface area contributed by atoms with Crippen LogP contribution >= 0.6 is 0 Å². The Bertz CT molecular complexity index is 1160. The highest BCUT2D eigenvalue weighted by atomic mass is 32.2. The number of hydrogen-bond donors (Lipinski definition) is 2. The van der Waals surface area contributed by atoms with E-state index in [1.54, 1.807) is 51.1 Å². The lowest BCUT2D eigenvalue weighted by atomic mass is 10.2. The van der Waals surface area contributed by atoms with E-state index in [0.717, 1.165) is 5.56 Å². The first kappa shape index (κ1) is 25.5. The molecule has 0 radical (unpaired) electrons. The van der Waals surface area contributed by atoms with Gasteiger partial charge in [-0.3, -0.25) is 4.72 Å². The van der Waals surface area contributed by atoms with Crippen LogP contribution in [0.4, 0.5) is 11.4 Å². The summed E-state index contributed by atoms with van der Waals surface area (Å²) in [7, 11) is -7.11. The number of sulfonamides is 2. The molecule has 8 nitrogen and oxygen atoms in total. The Balaban J connectivity index is 1.67. The van der Waals surface area contributed by atoms with Gasteiger partial charge in [-0.2, -0.15) is 4.31 Å². The van der Waals surface area contributed by atoms with E-state index in [4.69, 9.17) is 4.74 Å². The first-order valence-corrected chi connectivity index (χ1v) is 13.8. The van der Waals surface area contributed by atoms with Crippen molar-refractivity contribution < 1.29 is 21.6 Å². The number of nitrogens with one attached hydrogen (secondary N) is 2. The van der Waals surface area contributed by atoms with Crippen molar-refractivity contribution in [2.24, 2.45) is 0 Å². The molecule has 0 spiro atoms. The number of anilines is 2. The molecule has 0 bridgehead atoms. The Morgan fingerprint density at radius 3 is 2.12 bits per heavy atom. The molecule has 10 heteroatoms. The van der Waals surface area contributed by atoms with Gasteiger partial charge in [0.05, 0.1) is 21.9 Å². The van der Waals surface area contributed by atoms with Crippen LogP contribution in [0.15, 0.2) is 53.4 Å². The lowest BCUT2D eigenvalue weighted by Gasteiger charge is -2.34. The minimum absolute atomic E-state index is 0.152. The van der Waals surface area contributed by atoms with E-state index in [0.29, 0.717) is 31.0 Å². The maximum Gasteiger partial charge on any atom is 0.243 e. The first-order chi connectivity index (χ1) is 15.3. The zero-order valence-corrected chi connectivity index (χ0v) is 21.3. The monoisotopic (exact) mass is 495 g/mol. The van der Waals surface area contributed by atoms with Crippen molar-refractivity contribution >= 4 is 31.4 Å². The van der Waals surface area contributed by atoms with E-state index in [1.165, 1.54) is 4.31 Å². The molecule has 0 saturated carbocycles. The van der Waals surface area contributed by atoms with Gasteiger partial charge >= 0.3 is 0 Å². The standard InChI is InChI=1S/C23H33N3O5S2/c1-17-15-26(16-18(2)31-17)32(27,28)22-8-6-7-21(13-22)24-14-19-9-11-20(12-10-19)25-33(29,30)23(3,4)5/h6-13,17-18,24-25H,14-16H2,1-5H3/t17-,18+. The summed E-state index contributed by atoms with van der Waals surface area (Å²) in [6.45, 7) is 9.78. The van der Waals surface area contributed by atoms with Gasteiger partial charge in [0.2, 0.25) is 20.0 Å². The van der Waals surface area contributed by atoms with Crippen LogP contribution in [0.2, 0.25) is 0 Å². The number of benzene rings is 2. The van der Waals surface area contributed by atoms with Crippen LogP contribution in [-0.2, 0) is 31.3 Å². The molecule has 0 aliphatic carbocycles. The molecule has 1 saturated heterocycles. The Morgan fingerprint density at radius 2 is 1.55 bits per heavy atom. The van der Waals surface area contributed by atoms with Gasteiger partial charge < -0.3 is 10.1 Å². The molecule has 182 valence electrons. The van der Waals surface area contributed by atoms with Gasteiger partial charge in [-0.15, -0.1) is 0 Å². The summed E-state index contributed by atoms with van der Waals surface area (Å²) in [5.41, 5.74) is 2.11. The largest absolute Gasteiger partial charge is 0.381 e. The zero-order chi connectivity index (χ0) is 24.4. The topological polar surface area (TPSA) is 105 Å². The third-order valence-electron chi connectivity index (χ3n) is 5.37. The van der Waals surface area contributed by atoms with Crippen LogP contribution < -0.4 is 10.0 Å². The Hall–Kier alpha value is -2.14. The maximum absolute atomic E-state index is 13.1. The van der Waals surface area contributed by atoms with Crippen molar-refractivity contribution in [2.45, 2.75) is 63.0 Å². The van der Waals surface area contributed by atoms with Gasteiger partial charge in [0.25, 0.3) is 0 Å². The summed E-state index contributed by atoms with van der Waals surface area (Å²) in [5.74, 6) is 0. The van der Waals surface area contributed by atoms with Crippen molar-refractivity contribution in [3.8, 4) is 0 Å². The first-order valence-electron chi connectivity index (χ1n) is 10.9. The highest BCUT2D eigenvalue weighted by Crippen LogP contribution is 2.24. The van der Waals surface area contributed by atoms with E-state index >= 15 is 0 Å². The second-order valence-corrected chi connectivity index (χ2v) is 13.7. The van der Waals surface area contributed by atoms with Crippen molar-refractivity contribution in [1.29, 1.82) is 0 Å². The maximum atomic E-state index is 13.1. The Morgan fingerprint density at radius 1 is 0.939 bits per heavy atom. The number of nitrogens with zero attached hydrogens (tertiary/aromatic N) is 1. The van der Waals surface area contributed by atoms with Crippen LogP contribution in [0.1, 0.15) is 40.2 Å². The zero-order valence-electron chi connectivity index (χ0n) is 19.7. The van der Waals surface area contributed by atoms with E-state index in [-0.39, 0.29) is 17.1 Å². The number of rotatable bonds is 7. The smallest absolute Gasteiger partial charge is 0.243 e. The average Bonchev–Trinajstić information content (AvgIpc) is 2.72. The second-order valence-electron chi connectivity index (χ2n) is 9.38. The van der Waals surface area contributed by atoms with Crippen molar-refractivity contribution in [2.75, 3.05) is 23.1 Å². The molecule has 0 aromatic heterocycles. The molecular weight excluding hydrogens is 462 g/mol. The second kappa shape index (κ2) is 9.61. The number of morpholine rings is 1. The van der Waals surface area contributed by atoms with E-state index < -0.39 is 24.8 Å². The van der Waals surface area contributed by atoms with Gasteiger partial charge in [-0.25, -0.2) is 16.8 Å². The Labute approximate surface area is 197 Å². The summed E-state index contributed by atoms with van der Waals surface area (Å²) in [6, 6.07) is 13.8. The normalized spacial score (nSPS) is 20.4. The summed E-state index contributed by atoms with van der Waals surface area (Å²) >= 11 is 0. The molecule has 2 atom stereocenters. The number of hydrogen-bond acceptors (Lipinski definition) is 6. The van der Waals surface area contributed by atoms with Crippen molar-refractivity contribution in [3.63, 3.8) is 0 Å². The molecule has 1 heterocycles. The lowest BCUT2D eigenvalue weighted by molar-refractivity contribution is -0.0440. The van der Waals surface area contributed by atoms with Crippen molar-refractivity contribution in [3.05, 3.63) is 54.1 Å². The third-order valence-corrected chi connectivity index (χ3v) is 9.31. The molecule has 1 aliphatic rings. The van der Waals surface area contributed by atoms with Crippen LogP contribution in [-0.4, -0.2) is 51.2 Å². The summed E-state index contributed by atoms with van der Waals surface area (Å²) < 4.78 is 59.6. The summed E-state index contributed by atoms with van der Waals surface area (Å²) in [6.07, 6.45) is -0.304. The van der Waals surface area contributed by atoms with Gasteiger partial charge in [0.15, 0.2) is 0 Å². The van der Waals surface area contributed by atoms with E-state index in [1.807, 2.05) is 32.0 Å². The van der Waals surface area contributed by atoms with Gasteiger partial charge in [0.1, 0.15) is 0 Å². The SMILES string of the molecule is C[C@@H]1CN(S(=O)(=O)c2cccc(NCc3ccc(NS(=O)(=O)C(C)(C)C)cc3)c2)C[C@H](C)O1. The summed E-state index contributed by atoms with van der Waals surface area (Å²) in [4.78, 5) is 0.237. The fourth-order valence-electron chi connectivity index (χ4n) is 3.45. The van der Waals surface area contributed by atoms with Crippen LogP contribution in [0.25, 0.3) is 0 Å². The van der Waals surface area contributed by atoms with Gasteiger partial charge in [0, 0.05) is 31.0 Å². The van der Waals surface area contributed by atoms with Crippen molar-refractivity contribution in [1.82, 2.24) is 4.31 Å². The van der Waals surface area contributed by atoms with Crippen LogP contribution in [0.3, 0.4) is 0 Å². The predicted molar refractivity (Wildman–Crippen MR) is 131 cm³/mol. The highest BCUT2D eigenvalue weighted by molar-refractivity contribution is 7.94. The molecule has 1 aliphatic heterocycles. The Kier molecular flexibility index (Phi) is 7.42. The molecule has 2 N–H and O–H groups in total. The molecule has 3 rings (SSSR count). The van der Waals surface area contributed by atoms with Crippen LogP contribution in [0, 0.1) is 0 Å². The predicted octanol–water partition coefficient (Wildman–Crippen LogP) is 3.64. The summed E-state index contributed by atoms with van der Waals surface area (Å²) in [5, 5.41) is 3.24. The van der Waals surface area contributed by atoms with Gasteiger partial charge in [-0.05, 0) is 70.5 Å². The molecule has 0 unspecified atom stereocenters. The fourth-order valence-corrected chi connectivity index (χ4v) is 5.84. The molecule has 2 aromatic rings. The molecular formula is C23H33N3O5S2. The average molecular weight is 496 g/mol. The quantitative estimate of drug-likeness (QED) is 0.608. The minimum Gasteiger partial charge on any atom is -0.381 e. The van der Waals surface area contributed by atoms with Gasteiger partial charge in [-0.1, -0.05) is 18.2 Å². The molecule has 0 amide bonds. The fraction of sp³-hybridized carbons (Fsp3) is 0.478. The molecule has 33 heavy (non-hydrogen) atoms. The van der Waals surface area contributed by atoms with Crippen LogP contribution in [0.5, 0.6) is 0 Å². The van der Waals surface area contributed by atoms with E-state index in [9.17, 15) is 16.8 Å². The molecule has 1 fully saturated rings. The third kappa shape index (κ3) is 6.26. The highest BCUT2D eigenvalue weighted by Gasteiger charge is 2.32. The number of ether oxygens (including phenoxy) is 1. The lowest BCUT2D eigenvalue weighted by Crippen LogP contribution is -2.48. The van der Waals surface area contributed by atoms with E-state index in [2.05, 4.69) is 10.0 Å². The minimum atomic E-state index is -3.62. The molecule has 2 aromatic carbocycles.